The van der Waals surface area contributed by atoms with E-state index < -0.39 is 41.9 Å². The number of nitrogens with zero attached hydrogens (tertiary/aromatic N) is 1. The van der Waals surface area contributed by atoms with Crippen LogP contribution in [0.15, 0.2) is 48.1 Å². The molecule has 3 amide bonds. The Balaban J connectivity index is 2.29. The standard InChI is InChI=1S/C30H46N4O5/c1-21(2)17-18-34(30(37)23(5)31)32-28(35)26(20-22(3)4)25(15-11-14-24-12-7-6-8-13-24)29(36)33-39-27-16-9-10-19-38-27/h6-8,11-14,17,22-23,25-27H,9-10,15-16,18-20,31H2,1-5H3,(H,32,35)(H,33,36)/b14-11+/t23-,25+,26-,27?/m1/s1. The van der Waals surface area contributed by atoms with Crippen LogP contribution in [-0.2, 0) is 24.0 Å². The van der Waals surface area contributed by atoms with Crippen LogP contribution >= 0.6 is 0 Å². The molecule has 1 heterocycles. The van der Waals surface area contributed by atoms with Crippen molar-refractivity contribution in [1.29, 1.82) is 0 Å². The number of allylic oxidation sites excluding steroid dienone is 2. The maximum absolute atomic E-state index is 13.7. The number of rotatable bonds is 13. The molecule has 0 aromatic heterocycles. The summed E-state index contributed by atoms with van der Waals surface area (Å²) in [5.41, 5.74) is 13.2. The van der Waals surface area contributed by atoms with Gasteiger partial charge in [0.15, 0.2) is 6.29 Å². The third-order valence-electron chi connectivity index (χ3n) is 6.40. The molecule has 216 valence electrons. The van der Waals surface area contributed by atoms with Crippen LogP contribution in [0, 0.1) is 17.8 Å². The van der Waals surface area contributed by atoms with E-state index >= 15 is 0 Å². The summed E-state index contributed by atoms with van der Waals surface area (Å²) in [4.78, 5) is 45.5. The van der Waals surface area contributed by atoms with Gasteiger partial charge in [0.05, 0.1) is 24.4 Å². The van der Waals surface area contributed by atoms with E-state index in [0.29, 0.717) is 25.9 Å². The largest absolute Gasteiger partial charge is 0.350 e. The number of hydrazine groups is 1. The summed E-state index contributed by atoms with van der Waals surface area (Å²) in [7, 11) is 0. The maximum atomic E-state index is 13.7. The quantitative estimate of drug-likeness (QED) is 0.255. The Morgan fingerprint density at radius 1 is 1.10 bits per heavy atom. The van der Waals surface area contributed by atoms with Crippen LogP contribution in [-0.4, -0.2) is 48.2 Å². The zero-order valence-electron chi connectivity index (χ0n) is 24.0. The molecule has 9 heteroatoms. The van der Waals surface area contributed by atoms with Crippen molar-refractivity contribution in [3.63, 3.8) is 0 Å². The Bertz CT molecular complexity index is 967. The number of carbonyl (C=O) groups is 3. The van der Waals surface area contributed by atoms with Gasteiger partial charge in [0, 0.05) is 13.0 Å². The lowest BCUT2D eigenvalue weighted by Gasteiger charge is -2.31. The van der Waals surface area contributed by atoms with E-state index in [4.69, 9.17) is 15.3 Å². The van der Waals surface area contributed by atoms with Crippen molar-refractivity contribution in [1.82, 2.24) is 15.9 Å². The number of benzene rings is 1. The molecule has 0 radical (unpaired) electrons. The summed E-state index contributed by atoms with van der Waals surface area (Å²) in [5, 5.41) is 1.23. The predicted molar refractivity (Wildman–Crippen MR) is 152 cm³/mol. The molecule has 1 aromatic rings. The van der Waals surface area contributed by atoms with E-state index in [2.05, 4.69) is 10.9 Å². The van der Waals surface area contributed by atoms with Crippen LogP contribution in [0.4, 0.5) is 0 Å². The smallest absolute Gasteiger partial charge is 0.257 e. The average Bonchev–Trinajstić information content (AvgIpc) is 2.91. The first kappa shape index (κ1) is 32.2. The molecule has 4 atom stereocenters. The van der Waals surface area contributed by atoms with Crippen LogP contribution in [0.3, 0.4) is 0 Å². The normalized spacial score (nSPS) is 17.8. The fraction of sp³-hybridized carbons (Fsp3) is 0.567. The molecule has 1 aromatic carbocycles. The van der Waals surface area contributed by atoms with Crippen LogP contribution in [0.5, 0.6) is 0 Å². The molecule has 4 N–H and O–H groups in total. The van der Waals surface area contributed by atoms with Gasteiger partial charge >= 0.3 is 0 Å². The monoisotopic (exact) mass is 542 g/mol. The van der Waals surface area contributed by atoms with E-state index in [1.807, 2.05) is 76.3 Å². The maximum Gasteiger partial charge on any atom is 0.257 e. The van der Waals surface area contributed by atoms with Crippen molar-refractivity contribution in [3.8, 4) is 0 Å². The first-order valence-corrected chi connectivity index (χ1v) is 13.9. The SMILES string of the molecule is CC(C)=CCN(NC(=O)[C@H](CC(C)C)[C@H](C/C=C/c1ccccc1)C(=O)NOC1CCCCO1)C(=O)[C@@H](C)N. The van der Waals surface area contributed by atoms with Gasteiger partial charge in [-0.2, -0.15) is 0 Å². The van der Waals surface area contributed by atoms with Gasteiger partial charge in [-0.1, -0.05) is 68.0 Å². The first-order valence-electron chi connectivity index (χ1n) is 13.9. The van der Waals surface area contributed by atoms with Crippen LogP contribution in [0.25, 0.3) is 6.08 Å². The highest BCUT2D eigenvalue weighted by Gasteiger charge is 2.35. The number of hydroxylamine groups is 1. The average molecular weight is 543 g/mol. The molecule has 1 unspecified atom stereocenters. The summed E-state index contributed by atoms with van der Waals surface area (Å²) in [6.45, 7) is 10.1. The van der Waals surface area contributed by atoms with Crippen molar-refractivity contribution >= 4 is 23.8 Å². The van der Waals surface area contributed by atoms with E-state index in [0.717, 1.165) is 24.0 Å². The molecule has 0 bridgehead atoms. The second kappa shape index (κ2) is 16.8. The second-order valence-electron chi connectivity index (χ2n) is 10.8. The zero-order valence-corrected chi connectivity index (χ0v) is 24.0. The highest BCUT2D eigenvalue weighted by molar-refractivity contribution is 5.89. The van der Waals surface area contributed by atoms with Crippen LogP contribution in [0.1, 0.15) is 72.3 Å². The lowest BCUT2D eigenvalue weighted by atomic mass is 9.82. The third kappa shape index (κ3) is 11.7. The Kier molecular flexibility index (Phi) is 13.9. The predicted octanol–water partition coefficient (Wildman–Crippen LogP) is 4.12. The fourth-order valence-corrected chi connectivity index (χ4v) is 4.26. The van der Waals surface area contributed by atoms with E-state index in [-0.39, 0.29) is 12.5 Å². The lowest BCUT2D eigenvalue weighted by molar-refractivity contribution is -0.203. The molecule has 1 fully saturated rings. The van der Waals surface area contributed by atoms with Gasteiger partial charge in [0.25, 0.3) is 5.91 Å². The van der Waals surface area contributed by atoms with Gasteiger partial charge in [-0.05, 0) is 57.9 Å². The highest BCUT2D eigenvalue weighted by Crippen LogP contribution is 2.26. The minimum absolute atomic E-state index is 0.118. The topological polar surface area (TPSA) is 123 Å². The molecule has 0 spiro atoms. The number of nitrogens with two attached hydrogens (primary N) is 1. The molecule has 1 aliphatic heterocycles. The van der Waals surface area contributed by atoms with E-state index in [9.17, 15) is 14.4 Å². The Morgan fingerprint density at radius 3 is 2.41 bits per heavy atom. The Hall–Kier alpha value is -3.01. The number of ether oxygens (including phenoxy) is 1. The zero-order chi connectivity index (χ0) is 28.8. The summed E-state index contributed by atoms with van der Waals surface area (Å²) in [6, 6.07) is 8.95. The number of nitrogens with one attached hydrogen (secondary N) is 2. The third-order valence-corrected chi connectivity index (χ3v) is 6.40. The number of carbonyl (C=O) groups excluding carboxylic acids is 3. The van der Waals surface area contributed by atoms with E-state index in [1.54, 1.807) is 6.92 Å². The lowest BCUT2D eigenvalue weighted by Crippen LogP contribution is -2.54. The fourth-order valence-electron chi connectivity index (χ4n) is 4.26. The second-order valence-corrected chi connectivity index (χ2v) is 10.8. The minimum atomic E-state index is -0.795. The molecular formula is C30H46N4O5. The minimum Gasteiger partial charge on any atom is -0.350 e. The van der Waals surface area contributed by atoms with Crippen LogP contribution < -0.4 is 16.6 Å². The van der Waals surface area contributed by atoms with E-state index in [1.165, 1.54) is 5.01 Å². The number of hydrogen-bond donors (Lipinski definition) is 3. The summed E-state index contributed by atoms with van der Waals surface area (Å²) < 4.78 is 5.58. The summed E-state index contributed by atoms with van der Waals surface area (Å²) >= 11 is 0. The molecule has 0 saturated carbocycles. The van der Waals surface area contributed by atoms with Crippen molar-refractivity contribution < 1.29 is 24.0 Å². The van der Waals surface area contributed by atoms with Crippen molar-refractivity contribution in [2.24, 2.45) is 23.5 Å². The Labute approximate surface area is 233 Å². The van der Waals surface area contributed by atoms with Gasteiger partial charge in [-0.3, -0.25) is 19.8 Å². The molecule has 0 aliphatic carbocycles. The number of hydrogen-bond acceptors (Lipinski definition) is 6. The van der Waals surface area contributed by atoms with Gasteiger partial charge in [-0.15, -0.1) is 0 Å². The molecule has 1 aliphatic rings. The molecule has 39 heavy (non-hydrogen) atoms. The molecule has 1 saturated heterocycles. The Morgan fingerprint density at radius 2 is 1.82 bits per heavy atom. The van der Waals surface area contributed by atoms with Crippen molar-refractivity contribution in [3.05, 3.63) is 53.6 Å². The highest BCUT2D eigenvalue weighted by atomic mass is 16.8. The number of amides is 3. The molecule has 2 rings (SSSR count). The van der Waals surface area contributed by atoms with Crippen molar-refractivity contribution in [2.75, 3.05) is 13.2 Å². The summed E-state index contributed by atoms with van der Waals surface area (Å²) in [6.07, 6.45) is 8.49. The first-order chi connectivity index (χ1) is 18.6. The van der Waals surface area contributed by atoms with Gasteiger partial charge in [0.2, 0.25) is 11.8 Å². The van der Waals surface area contributed by atoms with Crippen molar-refractivity contribution in [2.45, 2.75) is 79.1 Å². The molecule has 9 nitrogen and oxygen atoms in total. The summed E-state index contributed by atoms with van der Waals surface area (Å²) in [5.74, 6) is -2.58. The van der Waals surface area contributed by atoms with Gasteiger partial charge in [-0.25, -0.2) is 15.3 Å². The molecular weight excluding hydrogens is 496 g/mol. The van der Waals surface area contributed by atoms with Gasteiger partial charge in [0.1, 0.15) is 0 Å². The van der Waals surface area contributed by atoms with Gasteiger partial charge < -0.3 is 10.5 Å². The van der Waals surface area contributed by atoms with Crippen LogP contribution in [0.2, 0.25) is 0 Å².